The minimum absolute atomic E-state index is 0.0258. The molecule has 29 heavy (non-hydrogen) atoms. The Hall–Kier alpha value is -3.41. The zero-order chi connectivity index (χ0) is 21.3. The molecule has 2 aliphatic rings. The Bertz CT molecular complexity index is 860. The van der Waals surface area contributed by atoms with Crippen LogP contribution in [0.5, 0.6) is 5.75 Å². The van der Waals surface area contributed by atoms with Crippen LogP contribution in [0.25, 0.3) is 0 Å². The number of nitrogens with zero attached hydrogens (tertiary/aromatic N) is 3. The molecule has 3 heterocycles. The number of nitrogen functional groups attached to an aromatic ring is 1. The molecule has 4 atom stereocenters. The van der Waals surface area contributed by atoms with E-state index in [4.69, 9.17) is 29.4 Å². The molecule has 3 rings (SSSR count). The van der Waals surface area contributed by atoms with Gasteiger partial charge >= 0.3 is 17.9 Å². The van der Waals surface area contributed by atoms with Crippen molar-refractivity contribution < 1.29 is 38.1 Å². The lowest BCUT2D eigenvalue weighted by atomic mass is 10.1. The van der Waals surface area contributed by atoms with Gasteiger partial charge in [0.15, 0.2) is 35.9 Å². The Labute approximate surface area is 165 Å². The van der Waals surface area contributed by atoms with Crippen molar-refractivity contribution >= 4 is 29.7 Å². The summed E-state index contributed by atoms with van der Waals surface area (Å²) in [7, 11) is 0. The maximum absolute atomic E-state index is 11.7. The number of nitrogens with two attached hydrogens (primary N) is 1. The van der Waals surface area contributed by atoms with Crippen LogP contribution in [0.4, 0.5) is 11.8 Å². The van der Waals surface area contributed by atoms with Gasteiger partial charge in [-0.25, -0.2) is 4.98 Å². The third kappa shape index (κ3) is 4.21. The highest BCUT2D eigenvalue weighted by Crippen LogP contribution is 2.42. The lowest BCUT2D eigenvalue weighted by Gasteiger charge is -2.28. The van der Waals surface area contributed by atoms with E-state index < -0.39 is 42.4 Å². The van der Waals surface area contributed by atoms with Gasteiger partial charge in [0.2, 0.25) is 5.95 Å². The van der Waals surface area contributed by atoms with E-state index in [0.717, 1.165) is 0 Å². The van der Waals surface area contributed by atoms with Crippen LogP contribution in [0.2, 0.25) is 0 Å². The number of aromatic nitrogens is 2. The van der Waals surface area contributed by atoms with Gasteiger partial charge in [-0.05, 0) is 6.58 Å². The number of rotatable bonds is 5. The number of ether oxygens (including phenoxy) is 5. The predicted molar refractivity (Wildman–Crippen MR) is 95.1 cm³/mol. The number of anilines is 2. The second kappa shape index (κ2) is 7.91. The molecule has 2 aliphatic heterocycles. The van der Waals surface area contributed by atoms with Crippen molar-refractivity contribution in [2.45, 2.75) is 45.3 Å². The molecule has 12 nitrogen and oxygen atoms in total. The van der Waals surface area contributed by atoms with Crippen LogP contribution in [0, 0.1) is 0 Å². The Kier molecular flexibility index (Phi) is 5.55. The number of carbonyl (C=O) groups excluding carboxylic acids is 3. The van der Waals surface area contributed by atoms with Gasteiger partial charge in [-0.3, -0.25) is 19.3 Å². The smallest absolute Gasteiger partial charge is 0.303 e. The highest BCUT2D eigenvalue weighted by molar-refractivity contribution is 5.68. The summed E-state index contributed by atoms with van der Waals surface area (Å²) in [5.74, 6) is -1.24. The van der Waals surface area contributed by atoms with Crippen molar-refractivity contribution in [3.05, 3.63) is 18.7 Å². The topological polar surface area (TPSA) is 152 Å². The average molecular weight is 408 g/mol. The van der Waals surface area contributed by atoms with E-state index in [-0.39, 0.29) is 30.0 Å². The maximum atomic E-state index is 11.7. The first-order valence-electron chi connectivity index (χ1n) is 8.59. The van der Waals surface area contributed by atoms with Crippen molar-refractivity contribution in [2.24, 2.45) is 0 Å². The number of hydrogen-bond donors (Lipinski definition) is 1. The van der Waals surface area contributed by atoms with Crippen molar-refractivity contribution in [1.82, 2.24) is 9.97 Å². The van der Waals surface area contributed by atoms with Gasteiger partial charge in [-0.15, -0.1) is 0 Å². The number of carbonyl (C=O) groups is 3. The SMILES string of the molecule is C=C1Oc2cnc(N)nc2N1[C@@H]1O[C@H](COC(C)=O)[C@@H](OC(C)=O)[C@H]1OC(C)=O. The van der Waals surface area contributed by atoms with E-state index in [1.54, 1.807) is 0 Å². The zero-order valence-corrected chi connectivity index (χ0v) is 16.0. The Morgan fingerprint density at radius 2 is 1.83 bits per heavy atom. The predicted octanol–water partition coefficient (Wildman–Crippen LogP) is -0.120. The molecule has 0 spiro atoms. The lowest BCUT2D eigenvalue weighted by Crippen LogP contribution is -2.46. The molecule has 2 N–H and O–H groups in total. The quantitative estimate of drug-likeness (QED) is 0.510. The summed E-state index contributed by atoms with van der Waals surface area (Å²) in [6.45, 7) is 7.19. The first-order valence-corrected chi connectivity index (χ1v) is 8.59. The van der Waals surface area contributed by atoms with Crippen LogP contribution >= 0.6 is 0 Å². The summed E-state index contributed by atoms with van der Waals surface area (Å²) in [4.78, 5) is 44.0. The second-order valence-electron chi connectivity index (χ2n) is 6.30. The van der Waals surface area contributed by atoms with Crippen molar-refractivity contribution in [1.29, 1.82) is 0 Å². The van der Waals surface area contributed by atoms with Gasteiger partial charge in [-0.2, -0.15) is 4.98 Å². The monoisotopic (exact) mass is 408 g/mol. The highest BCUT2D eigenvalue weighted by Gasteiger charge is 2.54. The number of hydrogen-bond acceptors (Lipinski definition) is 12. The first kappa shape index (κ1) is 20.3. The number of fused-ring (bicyclic) bond motifs is 1. The molecule has 156 valence electrons. The molecule has 0 aromatic carbocycles. The van der Waals surface area contributed by atoms with Crippen molar-refractivity contribution in [3.8, 4) is 5.75 Å². The Balaban J connectivity index is 1.98. The first-order chi connectivity index (χ1) is 13.7. The fourth-order valence-corrected chi connectivity index (χ4v) is 3.08. The maximum Gasteiger partial charge on any atom is 0.303 e. The molecule has 12 heteroatoms. The van der Waals surface area contributed by atoms with Crippen LogP contribution in [0.15, 0.2) is 18.7 Å². The molecule has 0 amide bonds. The summed E-state index contributed by atoms with van der Waals surface area (Å²) >= 11 is 0. The van der Waals surface area contributed by atoms with Gasteiger partial charge in [0.1, 0.15) is 12.7 Å². The van der Waals surface area contributed by atoms with Crippen LogP contribution in [0.3, 0.4) is 0 Å². The molecule has 0 saturated carbocycles. The van der Waals surface area contributed by atoms with E-state index in [2.05, 4.69) is 16.5 Å². The standard InChI is InChI=1S/C17H20N4O8/c1-7-21(15-11(26-7)5-19-17(18)20-15)16-14(28-10(4)24)13(27-9(3)23)12(29-16)6-25-8(2)22/h5,12-14,16H,1,6H2,2-4H3,(H2,18,19,20)/t12-,13-,14-,16-/m1/s1. The summed E-state index contributed by atoms with van der Waals surface area (Å²) in [6.07, 6.45) is -2.77. The van der Waals surface area contributed by atoms with Crippen LogP contribution in [0.1, 0.15) is 20.8 Å². The van der Waals surface area contributed by atoms with Gasteiger partial charge < -0.3 is 29.4 Å². The van der Waals surface area contributed by atoms with Crippen LogP contribution < -0.4 is 15.4 Å². The molecular weight excluding hydrogens is 388 g/mol. The van der Waals surface area contributed by atoms with Gasteiger partial charge in [0, 0.05) is 20.8 Å². The molecular formula is C17H20N4O8. The molecule has 0 aliphatic carbocycles. The largest absolute Gasteiger partial charge is 0.463 e. The van der Waals surface area contributed by atoms with Crippen LogP contribution in [-0.2, 0) is 33.3 Å². The normalized spacial score (nSPS) is 25.2. The highest BCUT2D eigenvalue weighted by atomic mass is 16.7. The third-order valence-corrected chi connectivity index (χ3v) is 4.07. The van der Waals surface area contributed by atoms with Crippen LogP contribution in [-0.4, -0.2) is 59.0 Å². The van der Waals surface area contributed by atoms with E-state index >= 15 is 0 Å². The van der Waals surface area contributed by atoms with E-state index in [1.165, 1.54) is 31.9 Å². The fourth-order valence-electron chi connectivity index (χ4n) is 3.08. The fraction of sp³-hybridized carbons (Fsp3) is 0.471. The zero-order valence-electron chi connectivity index (χ0n) is 16.0. The minimum Gasteiger partial charge on any atom is -0.463 e. The summed E-state index contributed by atoms with van der Waals surface area (Å²) in [5, 5.41) is 0. The molecule has 0 unspecified atom stereocenters. The van der Waals surface area contributed by atoms with Gasteiger partial charge in [0.25, 0.3) is 0 Å². The molecule has 1 aromatic heterocycles. The second-order valence-corrected chi connectivity index (χ2v) is 6.30. The Morgan fingerprint density at radius 1 is 1.17 bits per heavy atom. The van der Waals surface area contributed by atoms with E-state index in [1.807, 2.05) is 0 Å². The third-order valence-electron chi connectivity index (χ3n) is 4.07. The summed E-state index contributed by atoms with van der Waals surface area (Å²) in [6, 6.07) is 0. The summed E-state index contributed by atoms with van der Waals surface area (Å²) < 4.78 is 27.2. The average Bonchev–Trinajstić information content (AvgIpc) is 3.09. The minimum atomic E-state index is -1.10. The molecule has 1 aromatic rings. The Morgan fingerprint density at radius 3 is 2.45 bits per heavy atom. The van der Waals surface area contributed by atoms with Crippen molar-refractivity contribution in [3.63, 3.8) is 0 Å². The molecule has 0 radical (unpaired) electrons. The van der Waals surface area contributed by atoms with Crippen molar-refractivity contribution in [2.75, 3.05) is 17.2 Å². The summed E-state index contributed by atoms with van der Waals surface area (Å²) in [5.41, 5.74) is 5.67. The molecule has 0 bridgehead atoms. The van der Waals surface area contributed by atoms with Gasteiger partial charge in [0.05, 0.1) is 6.20 Å². The van der Waals surface area contributed by atoms with E-state index in [9.17, 15) is 14.4 Å². The lowest BCUT2D eigenvalue weighted by molar-refractivity contribution is -0.165. The van der Waals surface area contributed by atoms with E-state index in [0.29, 0.717) is 0 Å². The number of esters is 3. The molecule has 1 saturated heterocycles. The molecule has 1 fully saturated rings. The van der Waals surface area contributed by atoms with Gasteiger partial charge in [-0.1, -0.05) is 0 Å².